The normalized spacial score (nSPS) is 24.9. The van der Waals surface area contributed by atoms with E-state index in [0.717, 1.165) is 26.2 Å². The van der Waals surface area contributed by atoms with Crippen LogP contribution in [0.15, 0.2) is 0 Å². The second-order valence-electron chi connectivity index (χ2n) is 3.63. The van der Waals surface area contributed by atoms with Crippen LogP contribution in [-0.4, -0.2) is 68.7 Å². The van der Waals surface area contributed by atoms with Crippen LogP contribution >= 0.6 is 0 Å². The maximum Gasteiger partial charge on any atom is 0.324 e. The minimum atomic E-state index is -0.162. The summed E-state index contributed by atoms with van der Waals surface area (Å²) in [5, 5.41) is 0. The number of piperazine rings is 1. The van der Waals surface area contributed by atoms with E-state index in [1.165, 1.54) is 7.11 Å². The second kappa shape index (κ2) is 5.29. The molecule has 1 rings (SSSR count). The monoisotopic (exact) mass is 201 g/mol. The van der Waals surface area contributed by atoms with Crippen LogP contribution in [0, 0.1) is 0 Å². The molecule has 1 aliphatic rings. The molecular weight excluding hydrogens is 182 g/mol. The van der Waals surface area contributed by atoms with Crippen LogP contribution in [0.1, 0.15) is 0 Å². The first-order valence-electron chi connectivity index (χ1n) is 4.89. The minimum absolute atomic E-state index is 0.151. The van der Waals surface area contributed by atoms with Crippen molar-refractivity contribution in [3.05, 3.63) is 0 Å². The van der Waals surface area contributed by atoms with Crippen LogP contribution < -0.4 is 5.73 Å². The van der Waals surface area contributed by atoms with Crippen molar-refractivity contribution >= 4 is 5.97 Å². The number of nitrogens with two attached hydrogens (primary N) is 1. The number of hydrogen-bond acceptors (Lipinski definition) is 5. The molecule has 0 amide bonds. The standard InChI is InChI=1S/C9H19N3O2/c1-11-5-6-12(4-3-10)8(7-11)9(13)14-2/h8H,3-7,10H2,1-2H3. The molecule has 5 heteroatoms. The van der Waals surface area contributed by atoms with Crippen molar-refractivity contribution in [3.8, 4) is 0 Å². The van der Waals surface area contributed by atoms with E-state index >= 15 is 0 Å². The number of ether oxygens (including phenoxy) is 1. The lowest BCUT2D eigenvalue weighted by atomic mass is 10.2. The van der Waals surface area contributed by atoms with E-state index in [9.17, 15) is 4.79 Å². The Bertz CT molecular complexity index is 198. The van der Waals surface area contributed by atoms with Gasteiger partial charge in [-0.25, -0.2) is 0 Å². The highest BCUT2D eigenvalue weighted by Crippen LogP contribution is 2.08. The molecule has 1 heterocycles. The number of carbonyl (C=O) groups excluding carboxylic acids is 1. The summed E-state index contributed by atoms with van der Waals surface area (Å²) in [6.07, 6.45) is 0. The van der Waals surface area contributed by atoms with E-state index < -0.39 is 0 Å². The second-order valence-corrected chi connectivity index (χ2v) is 3.63. The molecule has 1 aliphatic heterocycles. The van der Waals surface area contributed by atoms with Gasteiger partial charge < -0.3 is 15.4 Å². The van der Waals surface area contributed by atoms with Crippen molar-refractivity contribution in [2.75, 3.05) is 46.9 Å². The van der Waals surface area contributed by atoms with E-state index in [4.69, 9.17) is 10.5 Å². The summed E-state index contributed by atoms with van der Waals surface area (Å²) in [6.45, 7) is 3.93. The summed E-state index contributed by atoms with van der Waals surface area (Å²) in [7, 11) is 3.44. The number of esters is 1. The molecule has 1 fully saturated rings. The Labute approximate surface area is 84.8 Å². The highest BCUT2D eigenvalue weighted by molar-refractivity contribution is 5.76. The molecule has 0 aromatic heterocycles. The van der Waals surface area contributed by atoms with Gasteiger partial charge in [-0.3, -0.25) is 9.69 Å². The lowest BCUT2D eigenvalue weighted by Crippen LogP contribution is -2.56. The lowest BCUT2D eigenvalue weighted by molar-refractivity contribution is -0.149. The molecule has 82 valence electrons. The fourth-order valence-electron chi connectivity index (χ4n) is 1.75. The molecule has 14 heavy (non-hydrogen) atoms. The van der Waals surface area contributed by atoms with Crippen molar-refractivity contribution in [1.29, 1.82) is 0 Å². The van der Waals surface area contributed by atoms with Gasteiger partial charge in [0.1, 0.15) is 6.04 Å². The Morgan fingerprint density at radius 3 is 2.86 bits per heavy atom. The molecule has 0 aromatic rings. The topological polar surface area (TPSA) is 58.8 Å². The minimum Gasteiger partial charge on any atom is -0.468 e. The van der Waals surface area contributed by atoms with Gasteiger partial charge in [0.2, 0.25) is 0 Å². The average Bonchev–Trinajstić information content (AvgIpc) is 2.20. The van der Waals surface area contributed by atoms with Gasteiger partial charge in [0, 0.05) is 32.7 Å². The predicted molar refractivity (Wildman–Crippen MR) is 53.9 cm³/mol. The van der Waals surface area contributed by atoms with Crippen LogP contribution in [0.25, 0.3) is 0 Å². The first-order chi connectivity index (χ1) is 6.69. The Kier molecular flexibility index (Phi) is 4.31. The van der Waals surface area contributed by atoms with Gasteiger partial charge >= 0.3 is 5.97 Å². The molecule has 1 unspecified atom stereocenters. The zero-order valence-electron chi connectivity index (χ0n) is 8.90. The highest BCUT2D eigenvalue weighted by atomic mass is 16.5. The maximum atomic E-state index is 11.5. The van der Waals surface area contributed by atoms with Crippen LogP contribution in [-0.2, 0) is 9.53 Å². The first kappa shape index (κ1) is 11.4. The van der Waals surface area contributed by atoms with Crippen molar-refractivity contribution in [3.63, 3.8) is 0 Å². The number of hydrogen-bond donors (Lipinski definition) is 1. The third-order valence-electron chi connectivity index (χ3n) is 2.58. The molecule has 0 saturated carbocycles. The van der Waals surface area contributed by atoms with E-state index in [1.54, 1.807) is 0 Å². The van der Waals surface area contributed by atoms with Gasteiger partial charge in [0.25, 0.3) is 0 Å². The molecular formula is C9H19N3O2. The predicted octanol–water partition coefficient (Wildman–Crippen LogP) is -1.27. The molecule has 0 radical (unpaired) electrons. The Balaban J connectivity index is 2.58. The van der Waals surface area contributed by atoms with E-state index in [-0.39, 0.29) is 12.0 Å². The van der Waals surface area contributed by atoms with E-state index in [1.807, 2.05) is 7.05 Å². The molecule has 1 saturated heterocycles. The summed E-state index contributed by atoms with van der Waals surface area (Å²) in [5.74, 6) is -0.162. The highest BCUT2D eigenvalue weighted by Gasteiger charge is 2.30. The fraction of sp³-hybridized carbons (Fsp3) is 0.889. The van der Waals surface area contributed by atoms with Gasteiger partial charge in [-0.15, -0.1) is 0 Å². The van der Waals surface area contributed by atoms with Gasteiger partial charge in [-0.05, 0) is 7.05 Å². The summed E-state index contributed by atoms with van der Waals surface area (Å²) >= 11 is 0. The van der Waals surface area contributed by atoms with Crippen molar-refractivity contribution in [2.24, 2.45) is 5.73 Å². The van der Waals surface area contributed by atoms with Gasteiger partial charge in [-0.2, -0.15) is 0 Å². The number of rotatable bonds is 3. The smallest absolute Gasteiger partial charge is 0.324 e. The summed E-state index contributed by atoms with van der Waals surface area (Å²) in [4.78, 5) is 15.7. The van der Waals surface area contributed by atoms with E-state index in [0.29, 0.717) is 6.54 Å². The third kappa shape index (κ3) is 2.67. The Hall–Kier alpha value is -0.650. The molecule has 0 bridgehead atoms. The Morgan fingerprint density at radius 2 is 2.29 bits per heavy atom. The van der Waals surface area contributed by atoms with Gasteiger partial charge in [-0.1, -0.05) is 0 Å². The first-order valence-corrected chi connectivity index (χ1v) is 4.89. The zero-order chi connectivity index (χ0) is 10.6. The zero-order valence-corrected chi connectivity index (χ0v) is 8.90. The fourth-order valence-corrected chi connectivity index (χ4v) is 1.75. The van der Waals surface area contributed by atoms with Crippen LogP contribution in [0.4, 0.5) is 0 Å². The van der Waals surface area contributed by atoms with Crippen molar-refractivity contribution in [1.82, 2.24) is 9.80 Å². The van der Waals surface area contributed by atoms with Crippen LogP contribution in [0.5, 0.6) is 0 Å². The number of methoxy groups -OCH3 is 1. The number of nitrogens with zero attached hydrogens (tertiary/aromatic N) is 2. The molecule has 0 spiro atoms. The summed E-state index contributed by atoms with van der Waals surface area (Å²) in [5.41, 5.74) is 5.49. The van der Waals surface area contributed by atoms with Crippen molar-refractivity contribution < 1.29 is 9.53 Å². The van der Waals surface area contributed by atoms with Gasteiger partial charge in [0.05, 0.1) is 7.11 Å². The van der Waals surface area contributed by atoms with Crippen molar-refractivity contribution in [2.45, 2.75) is 6.04 Å². The van der Waals surface area contributed by atoms with Gasteiger partial charge in [0.15, 0.2) is 0 Å². The average molecular weight is 201 g/mol. The maximum absolute atomic E-state index is 11.5. The third-order valence-corrected chi connectivity index (χ3v) is 2.58. The van der Waals surface area contributed by atoms with Crippen LogP contribution in [0.3, 0.4) is 0 Å². The summed E-state index contributed by atoms with van der Waals surface area (Å²) < 4.78 is 4.77. The molecule has 1 atom stereocenters. The molecule has 0 aromatic carbocycles. The number of likely N-dealkylation sites (N-methyl/N-ethyl adjacent to an activating group) is 1. The molecule has 0 aliphatic carbocycles. The number of carbonyl (C=O) groups is 1. The van der Waals surface area contributed by atoms with E-state index in [2.05, 4.69) is 9.80 Å². The molecule has 2 N–H and O–H groups in total. The quantitative estimate of drug-likeness (QED) is 0.577. The Morgan fingerprint density at radius 1 is 1.57 bits per heavy atom. The summed E-state index contributed by atoms with van der Waals surface area (Å²) in [6, 6.07) is -0.151. The lowest BCUT2D eigenvalue weighted by Gasteiger charge is -2.37. The molecule has 5 nitrogen and oxygen atoms in total. The largest absolute Gasteiger partial charge is 0.468 e. The van der Waals surface area contributed by atoms with Crippen LogP contribution in [0.2, 0.25) is 0 Å². The SMILES string of the molecule is COC(=O)C1CN(C)CCN1CCN.